The highest BCUT2D eigenvalue weighted by Gasteiger charge is 2.41. The van der Waals surface area contributed by atoms with Crippen LogP contribution in [0.1, 0.15) is 29.2 Å². The number of ether oxygens (including phenoxy) is 2. The molecule has 0 aromatic heterocycles. The zero-order valence-corrected chi connectivity index (χ0v) is 20.1. The number of methoxy groups -OCH3 is 2. The Morgan fingerprint density at radius 2 is 1.59 bits per heavy atom. The van der Waals surface area contributed by atoms with Crippen LogP contribution in [-0.4, -0.2) is 26.0 Å². The Labute approximate surface area is 199 Å². The standard InChI is InChI=1S/C28H28N2O4/c1-6-19-8-10-20(11-9-19)30-27(31)25(22-13-7-17(2)15-18(22)3)26(28(30)32)29-23-14-12-21(33-4)16-24(23)34-5/h7-16,29H,6H2,1-5H3. The number of imide groups is 1. The van der Waals surface area contributed by atoms with Crippen molar-refractivity contribution in [3.8, 4) is 11.5 Å². The second kappa shape index (κ2) is 9.43. The van der Waals surface area contributed by atoms with E-state index in [0.29, 0.717) is 34.0 Å². The Kier molecular flexibility index (Phi) is 6.41. The van der Waals surface area contributed by atoms with Crippen LogP contribution in [0.15, 0.2) is 66.4 Å². The summed E-state index contributed by atoms with van der Waals surface area (Å²) < 4.78 is 10.8. The van der Waals surface area contributed by atoms with Gasteiger partial charge in [-0.2, -0.15) is 0 Å². The number of aryl methyl sites for hydroxylation is 3. The zero-order valence-electron chi connectivity index (χ0n) is 20.1. The Hall–Kier alpha value is -4.06. The minimum absolute atomic E-state index is 0.208. The van der Waals surface area contributed by atoms with E-state index < -0.39 is 5.91 Å². The molecule has 0 saturated heterocycles. The predicted molar refractivity (Wildman–Crippen MR) is 134 cm³/mol. The van der Waals surface area contributed by atoms with Gasteiger partial charge in [-0.25, -0.2) is 4.90 Å². The topological polar surface area (TPSA) is 67.9 Å². The largest absolute Gasteiger partial charge is 0.497 e. The maximum atomic E-state index is 13.7. The molecule has 0 radical (unpaired) electrons. The van der Waals surface area contributed by atoms with Gasteiger partial charge >= 0.3 is 0 Å². The SMILES string of the molecule is CCc1ccc(N2C(=O)C(Nc3ccc(OC)cc3OC)=C(c3ccc(C)cc3C)C2=O)cc1. The molecule has 6 nitrogen and oxygen atoms in total. The van der Waals surface area contributed by atoms with Gasteiger partial charge in [0.1, 0.15) is 17.2 Å². The fourth-order valence-corrected chi connectivity index (χ4v) is 4.14. The Morgan fingerprint density at radius 3 is 2.21 bits per heavy atom. The molecular weight excluding hydrogens is 428 g/mol. The lowest BCUT2D eigenvalue weighted by Gasteiger charge is -2.16. The molecule has 2 amide bonds. The van der Waals surface area contributed by atoms with Gasteiger partial charge in [0, 0.05) is 6.07 Å². The summed E-state index contributed by atoms with van der Waals surface area (Å²) in [7, 11) is 3.12. The van der Waals surface area contributed by atoms with Crippen LogP contribution in [0.5, 0.6) is 11.5 Å². The first-order valence-electron chi connectivity index (χ1n) is 11.2. The quantitative estimate of drug-likeness (QED) is 0.490. The number of carbonyl (C=O) groups excluding carboxylic acids is 2. The predicted octanol–water partition coefficient (Wildman–Crippen LogP) is 5.28. The second-order valence-corrected chi connectivity index (χ2v) is 8.23. The zero-order chi connectivity index (χ0) is 24.4. The lowest BCUT2D eigenvalue weighted by molar-refractivity contribution is -0.120. The first-order chi connectivity index (χ1) is 16.4. The third kappa shape index (κ3) is 4.15. The fourth-order valence-electron chi connectivity index (χ4n) is 4.14. The van der Waals surface area contributed by atoms with Crippen LogP contribution in [-0.2, 0) is 16.0 Å². The van der Waals surface area contributed by atoms with Crippen LogP contribution < -0.4 is 19.7 Å². The van der Waals surface area contributed by atoms with E-state index in [1.54, 1.807) is 32.4 Å². The van der Waals surface area contributed by atoms with Crippen molar-refractivity contribution in [2.75, 3.05) is 24.4 Å². The van der Waals surface area contributed by atoms with E-state index >= 15 is 0 Å². The number of nitrogens with zero attached hydrogens (tertiary/aromatic N) is 1. The van der Waals surface area contributed by atoms with Gasteiger partial charge in [0.05, 0.1) is 31.2 Å². The highest BCUT2D eigenvalue weighted by atomic mass is 16.5. The molecule has 174 valence electrons. The van der Waals surface area contributed by atoms with Crippen LogP contribution in [0.2, 0.25) is 0 Å². The van der Waals surface area contributed by atoms with E-state index in [1.165, 1.54) is 4.90 Å². The van der Waals surface area contributed by atoms with Crippen LogP contribution in [0.25, 0.3) is 5.57 Å². The molecule has 0 unspecified atom stereocenters. The van der Waals surface area contributed by atoms with Crippen LogP contribution in [0.3, 0.4) is 0 Å². The minimum atomic E-state index is -0.415. The monoisotopic (exact) mass is 456 g/mol. The van der Waals surface area contributed by atoms with Crippen molar-refractivity contribution in [3.63, 3.8) is 0 Å². The minimum Gasteiger partial charge on any atom is -0.497 e. The van der Waals surface area contributed by atoms with Crippen LogP contribution in [0, 0.1) is 13.8 Å². The van der Waals surface area contributed by atoms with E-state index in [4.69, 9.17) is 9.47 Å². The molecule has 3 aromatic carbocycles. The number of amides is 2. The molecule has 0 bridgehead atoms. The van der Waals surface area contributed by atoms with E-state index in [1.807, 2.05) is 56.3 Å². The highest BCUT2D eigenvalue weighted by Crippen LogP contribution is 2.37. The molecule has 34 heavy (non-hydrogen) atoms. The molecule has 1 aliphatic rings. The first kappa shape index (κ1) is 23.1. The second-order valence-electron chi connectivity index (χ2n) is 8.23. The van der Waals surface area contributed by atoms with Crippen molar-refractivity contribution in [1.82, 2.24) is 0 Å². The average Bonchev–Trinajstić information content (AvgIpc) is 3.08. The molecular formula is C28H28N2O4. The lowest BCUT2D eigenvalue weighted by Crippen LogP contribution is -2.32. The van der Waals surface area contributed by atoms with Crippen LogP contribution in [0.4, 0.5) is 11.4 Å². The summed E-state index contributed by atoms with van der Waals surface area (Å²) in [5, 5.41) is 3.19. The summed E-state index contributed by atoms with van der Waals surface area (Å²) in [5.74, 6) is 0.341. The molecule has 0 atom stereocenters. The third-order valence-electron chi connectivity index (χ3n) is 6.01. The number of carbonyl (C=O) groups is 2. The molecule has 1 heterocycles. The van der Waals surface area contributed by atoms with Crippen molar-refractivity contribution in [2.45, 2.75) is 27.2 Å². The Bertz CT molecular complexity index is 1290. The summed E-state index contributed by atoms with van der Waals surface area (Å²) in [5.41, 5.74) is 5.48. The number of benzene rings is 3. The molecule has 1 aliphatic heterocycles. The van der Waals surface area contributed by atoms with Crippen molar-refractivity contribution in [2.24, 2.45) is 0 Å². The van der Waals surface area contributed by atoms with Gasteiger partial charge in [-0.3, -0.25) is 9.59 Å². The number of anilines is 2. The van der Waals surface area contributed by atoms with E-state index in [2.05, 4.69) is 12.2 Å². The molecule has 0 spiro atoms. The van der Waals surface area contributed by atoms with Crippen molar-refractivity contribution >= 4 is 28.8 Å². The average molecular weight is 457 g/mol. The normalized spacial score (nSPS) is 13.5. The molecule has 6 heteroatoms. The van der Waals surface area contributed by atoms with Gasteiger partial charge in [0.25, 0.3) is 11.8 Å². The van der Waals surface area contributed by atoms with E-state index in [0.717, 1.165) is 23.1 Å². The fraction of sp³-hybridized carbons (Fsp3) is 0.214. The third-order valence-corrected chi connectivity index (χ3v) is 6.01. The van der Waals surface area contributed by atoms with E-state index in [9.17, 15) is 9.59 Å². The van der Waals surface area contributed by atoms with Crippen molar-refractivity contribution < 1.29 is 19.1 Å². The van der Waals surface area contributed by atoms with Gasteiger partial charge in [-0.1, -0.05) is 42.8 Å². The van der Waals surface area contributed by atoms with Gasteiger partial charge in [0.15, 0.2) is 0 Å². The van der Waals surface area contributed by atoms with Gasteiger partial charge in [0.2, 0.25) is 0 Å². The summed E-state index contributed by atoms with van der Waals surface area (Å²) >= 11 is 0. The summed E-state index contributed by atoms with van der Waals surface area (Å²) in [4.78, 5) is 28.6. The Morgan fingerprint density at radius 1 is 0.853 bits per heavy atom. The van der Waals surface area contributed by atoms with E-state index in [-0.39, 0.29) is 11.6 Å². The molecule has 0 saturated carbocycles. The maximum absolute atomic E-state index is 13.7. The Balaban J connectivity index is 1.85. The summed E-state index contributed by atoms with van der Waals surface area (Å²) in [6.45, 7) is 6.00. The van der Waals surface area contributed by atoms with Gasteiger partial charge in [-0.05, 0) is 61.2 Å². The number of nitrogens with one attached hydrogen (secondary N) is 1. The molecule has 0 aliphatic carbocycles. The molecule has 0 fully saturated rings. The van der Waals surface area contributed by atoms with Crippen molar-refractivity contribution in [3.05, 3.63) is 88.6 Å². The smallest absolute Gasteiger partial charge is 0.282 e. The molecule has 3 aromatic rings. The highest BCUT2D eigenvalue weighted by molar-refractivity contribution is 6.46. The summed E-state index contributed by atoms with van der Waals surface area (Å²) in [6, 6.07) is 18.6. The maximum Gasteiger partial charge on any atom is 0.282 e. The number of hydrogen-bond acceptors (Lipinski definition) is 5. The summed E-state index contributed by atoms with van der Waals surface area (Å²) in [6.07, 6.45) is 0.873. The first-order valence-corrected chi connectivity index (χ1v) is 11.2. The lowest BCUT2D eigenvalue weighted by atomic mass is 9.97. The van der Waals surface area contributed by atoms with Gasteiger partial charge in [-0.15, -0.1) is 0 Å². The molecule has 4 rings (SSSR count). The number of hydrogen-bond donors (Lipinski definition) is 1. The van der Waals surface area contributed by atoms with Crippen LogP contribution >= 0.6 is 0 Å². The molecule has 1 N–H and O–H groups in total. The van der Waals surface area contributed by atoms with Gasteiger partial charge < -0.3 is 14.8 Å². The number of rotatable bonds is 7. The van der Waals surface area contributed by atoms with Crippen molar-refractivity contribution in [1.29, 1.82) is 0 Å².